The minimum Gasteiger partial charge on any atom is -0.406 e. The molecule has 1 aromatic carbocycles. The van der Waals surface area contributed by atoms with Crippen LogP contribution in [-0.4, -0.2) is 11.5 Å². The number of rotatable bonds is 3. The Bertz CT molecular complexity index is 522. The van der Waals surface area contributed by atoms with Crippen molar-refractivity contribution in [3.8, 4) is 17.0 Å². The SMILES string of the molecule is FC(F)(F)Oc1ccc(-c2cc(CCl)on2)cc1. The Kier molecular flexibility index (Phi) is 3.47. The van der Waals surface area contributed by atoms with Crippen LogP contribution in [0.3, 0.4) is 0 Å². The summed E-state index contributed by atoms with van der Waals surface area (Å²) in [7, 11) is 0. The second-order valence-corrected chi connectivity index (χ2v) is 3.65. The molecule has 0 saturated carbocycles. The first-order valence-electron chi connectivity index (χ1n) is 4.86. The second kappa shape index (κ2) is 4.89. The van der Waals surface area contributed by atoms with Crippen molar-refractivity contribution in [2.75, 3.05) is 0 Å². The number of ether oxygens (including phenoxy) is 1. The maximum Gasteiger partial charge on any atom is 0.573 e. The predicted octanol–water partition coefficient (Wildman–Crippen LogP) is 3.98. The molecule has 0 N–H and O–H groups in total. The van der Waals surface area contributed by atoms with Gasteiger partial charge in [-0.2, -0.15) is 0 Å². The van der Waals surface area contributed by atoms with E-state index >= 15 is 0 Å². The van der Waals surface area contributed by atoms with Crippen LogP contribution in [-0.2, 0) is 5.88 Å². The summed E-state index contributed by atoms with van der Waals surface area (Å²) in [6.45, 7) is 0. The van der Waals surface area contributed by atoms with Gasteiger partial charge in [-0.05, 0) is 24.3 Å². The van der Waals surface area contributed by atoms with Gasteiger partial charge in [0.1, 0.15) is 11.4 Å². The van der Waals surface area contributed by atoms with Crippen LogP contribution in [0, 0.1) is 0 Å². The van der Waals surface area contributed by atoms with Gasteiger partial charge in [-0.15, -0.1) is 24.8 Å². The second-order valence-electron chi connectivity index (χ2n) is 3.38. The van der Waals surface area contributed by atoms with Crippen molar-refractivity contribution < 1.29 is 22.4 Å². The maximum atomic E-state index is 11.9. The third-order valence-corrected chi connectivity index (χ3v) is 2.34. The zero-order valence-electron chi connectivity index (χ0n) is 8.87. The van der Waals surface area contributed by atoms with Crippen LogP contribution in [0.5, 0.6) is 5.75 Å². The van der Waals surface area contributed by atoms with Gasteiger partial charge in [0.05, 0.1) is 5.88 Å². The summed E-state index contributed by atoms with van der Waals surface area (Å²) < 4.78 is 44.5. The highest BCUT2D eigenvalue weighted by atomic mass is 35.5. The first-order valence-corrected chi connectivity index (χ1v) is 5.39. The van der Waals surface area contributed by atoms with Gasteiger partial charge in [0.2, 0.25) is 0 Å². The molecule has 2 rings (SSSR count). The third-order valence-electron chi connectivity index (χ3n) is 2.07. The van der Waals surface area contributed by atoms with Crippen molar-refractivity contribution in [2.45, 2.75) is 12.2 Å². The Labute approximate surface area is 105 Å². The van der Waals surface area contributed by atoms with Crippen LogP contribution in [0.25, 0.3) is 11.3 Å². The normalized spacial score (nSPS) is 11.6. The lowest BCUT2D eigenvalue weighted by molar-refractivity contribution is -0.274. The molecule has 0 fully saturated rings. The van der Waals surface area contributed by atoms with Crippen molar-refractivity contribution in [1.82, 2.24) is 5.16 Å². The number of hydrogen-bond donors (Lipinski definition) is 0. The van der Waals surface area contributed by atoms with Crippen LogP contribution in [0.1, 0.15) is 5.76 Å². The van der Waals surface area contributed by atoms with Crippen LogP contribution in [0.2, 0.25) is 0 Å². The molecular formula is C11H7ClF3NO2. The highest BCUT2D eigenvalue weighted by Gasteiger charge is 2.30. The first kappa shape index (κ1) is 12.8. The Hall–Kier alpha value is -1.69. The Morgan fingerprint density at radius 3 is 2.39 bits per heavy atom. The summed E-state index contributed by atoms with van der Waals surface area (Å²) >= 11 is 5.55. The fraction of sp³-hybridized carbons (Fsp3) is 0.182. The molecule has 0 radical (unpaired) electrons. The minimum atomic E-state index is -4.69. The Balaban J connectivity index is 2.17. The topological polar surface area (TPSA) is 35.3 Å². The summed E-state index contributed by atoms with van der Waals surface area (Å²) in [5.74, 6) is 0.386. The van der Waals surface area contributed by atoms with Gasteiger partial charge in [0, 0.05) is 11.6 Å². The maximum absolute atomic E-state index is 11.9. The lowest BCUT2D eigenvalue weighted by Gasteiger charge is -2.08. The van der Waals surface area contributed by atoms with Gasteiger partial charge < -0.3 is 9.26 Å². The zero-order valence-corrected chi connectivity index (χ0v) is 9.63. The fourth-order valence-corrected chi connectivity index (χ4v) is 1.47. The van der Waals surface area contributed by atoms with Crippen molar-refractivity contribution >= 4 is 11.6 Å². The summed E-state index contributed by atoms with van der Waals surface area (Å²) in [6, 6.07) is 6.94. The summed E-state index contributed by atoms with van der Waals surface area (Å²) in [5, 5.41) is 3.74. The van der Waals surface area contributed by atoms with Gasteiger partial charge in [-0.1, -0.05) is 5.16 Å². The number of benzene rings is 1. The van der Waals surface area contributed by atoms with E-state index in [-0.39, 0.29) is 11.6 Å². The number of aromatic nitrogens is 1. The summed E-state index contributed by atoms with van der Waals surface area (Å²) in [6.07, 6.45) is -4.69. The van der Waals surface area contributed by atoms with E-state index in [0.717, 1.165) is 0 Å². The molecule has 0 unspecified atom stereocenters. The molecule has 7 heteroatoms. The predicted molar refractivity (Wildman–Crippen MR) is 58.2 cm³/mol. The molecule has 18 heavy (non-hydrogen) atoms. The van der Waals surface area contributed by atoms with Crippen molar-refractivity contribution in [1.29, 1.82) is 0 Å². The standard InChI is InChI=1S/C11H7ClF3NO2/c12-6-9-5-10(16-18-9)7-1-3-8(4-2-7)17-11(13,14)15/h1-5H,6H2. The number of nitrogens with zero attached hydrogens (tertiary/aromatic N) is 1. The monoisotopic (exact) mass is 277 g/mol. The van der Waals surface area contributed by atoms with Crippen LogP contribution < -0.4 is 4.74 Å². The largest absolute Gasteiger partial charge is 0.573 e. The molecule has 0 amide bonds. The molecule has 0 atom stereocenters. The molecule has 1 aromatic heterocycles. The van der Waals surface area contributed by atoms with Crippen LogP contribution >= 0.6 is 11.6 Å². The smallest absolute Gasteiger partial charge is 0.406 e. The van der Waals surface area contributed by atoms with Crippen molar-refractivity contribution in [3.05, 3.63) is 36.1 Å². The van der Waals surface area contributed by atoms with E-state index in [1.54, 1.807) is 6.07 Å². The van der Waals surface area contributed by atoms with Gasteiger partial charge in [0.15, 0.2) is 5.76 Å². The average Bonchev–Trinajstić information content (AvgIpc) is 2.76. The lowest BCUT2D eigenvalue weighted by Crippen LogP contribution is -2.16. The minimum absolute atomic E-state index is 0.183. The van der Waals surface area contributed by atoms with E-state index in [1.165, 1.54) is 24.3 Å². The molecule has 0 bridgehead atoms. The Morgan fingerprint density at radius 2 is 1.89 bits per heavy atom. The fourth-order valence-electron chi connectivity index (χ4n) is 1.34. The molecule has 0 spiro atoms. The van der Waals surface area contributed by atoms with Gasteiger partial charge in [0.25, 0.3) is 0 Å². The molecule has 0 aliphatic rings. The van der Waals surface area contributed by atoms with Crippen LogP contribution in [0.4, 0.5) is 13.2 Å². The van der Waals surface area contributed by atoms with E-state index in [1.807, 2.05) is 0 Å². The van der Waals surface area contributed by atoms with Gasteiger partial charge in [-0.3, -0.25) is 0 Å². The molecule has 0 aliphatic heterocycles. The number of halogens is 4. The van der Waals surface area contributed by atoms with E-state index in [2.05, 4.69) is 9.89 Å². The van der Waals surface area contributed by atoms with Gasteiger partial charge >= 0.3 is 6.36 Å². The molecule has 0 saturated heterocycles. The quantitative estimate of drug-likeness (QED) is 0.796. The highest BCUT2D eigenvalue weighted by Crippen LogP contribution is 2.26. The summed E-state index contributed by atoms with van der Waals surface area (Å²) in [4.78, 5) is 0. The molecule has 2 aromatic rings. The highest BCUT2D eigenvalue weighted by molar-refractivity contribution is 6.16. The molecule has 1 heterocycles. The van der Waals surface area contributed by atoms with E-state index in [4.69, 9.17) is 16.1 Å². The van der Waals surface area contributed by atoms with Crippen LogP contribution in [0.15, 0.2) is 34.9 Å². The van der Waals surface area contributed by atoms with E-state index in [9.17, 15) is 13.2 Å². The Morgan fingerprint density at radius 1 is 1.22 bits per heavy atom. The zero-order chi connectivity index (χ0) is 13.2. The van der Waals surface area contributed by atoms with E-state index < -0.39 is 6.36 Å². The van der Waals surface area contributed by atoms with Gasteiger partial charge in [-0.25, -0.2) is 0 Å². The third kappa shape index (κ3) is 3.16. The molecular weight excluding hydrogens is 271 g/mol. The first-order chi connectivity index (χ1) is 8.48. The lowest BCUT2D eigenvalue weighted by atomic mass is 10.1. The number of alkyl halides is 4. The van der Waals surface area contributed by atoms with Crippen molar-refractivity contribution in [3.63, 3.8) is 0 Å². The molecule has 0 aliphatic carbocycles. The summed E-state index contributed by atoms with van der Waals surface area (Å²) in [5.41, 5.74) is 1.12. The van der Waals surface area contributed by atoms with E-state index in [0.29, 0.717) is 17.0 Å². The number of hydrogen-bond acceptors (Lipinski definition) is 3. The average molecular weight is 278 g/mol. The van der Waals surface area contributed by atoms with Crippen molar-refractivity contribution in [2.24, 2.45) is 0 Å². The molecule has 3 nitrogen and oxygen atoms in total. The molecule has 96 valence electrons.